The molecule has 0 bridgehead atoms. The molecule has 0 aliphatic carbocycles. The number of benzene rings is 1. The van der Waals surface area contributed by atoms with Gasteiger partial charge in [-0.1, -0.05) is 11.6 Å². The van der Waals surface area contributed by atoms with E-state index in [4.69, 9.17) is 31.1 Å². The zero-order valence-electron chi connectivity index (χ0n) is 9.59. The smallest absolute Gasteiger partial charge is 0.372 e. The lowest BCUT2D eigenvalue weighted by molar-refractivity contribution is 0.0658. The molecule has 0 fully saturated rings. The average molecular weight is 278 g/mol. The van der Waals surface area contributed by atoms with E-state index in [1.54, 1.807) is 6.07 Å². The Morgan fingerprint density at radius 3 is 2.95 bits per heavy atom. The van der Waals surface area contributed by atoms with Crippen molar-refractivity contribution in [2.45, 2.75) is 6.61 Å². The van der Waals surface area contributed by atoms with E-state index in [0.717, 1.165) is 0 Å². The number of carboxylic acids is 1. The summed E-state index contributed by atoms with van der Waals surface area (Å²) >= 11 is 5.81. The molecule has 5 nitrogen and oxygen atoms in total. The minimum absolute atomic E-state index is 0.0207. The summed E-state index contributed by atoms with van der Waals surface area (Å²) < 4.78 is 10.2. The van der Waals surface area contributed by atoms with Crippen LogP contribution in [0.4, 0.5) is 0 Å². The molecule has 1 N–H and O–H groups in total. The maximum Gasteiger partial charge on any atom is 0.372 e. The number of nitriles is 1. The highest BCUT2D eigenvalue weighted by atomic mass is 35.5. The standard InChI is InChI=1S/C13H8ClNO4/c14-10-2-1-8(6-15)11(5-10)19-7-9-3-4-18-12(9)13(16)17/h1-5H,7H2,(H,16,17). The zero-order chi connectivity index (χ0) is 13.8. The van der Waals surface area contributed by atoms with Gasteiger partial charge in [-0.05, 0) is 18.2 Å². The summed E-state index contributed by atoms with van der Waals surface area (Å²) in [5.74, 6) is -1.05. The molecule has 19 heavy (non-hydrogen) atoms. The van der Waals surface area contributed by atoms with Crippen LogP contribution in [-0.4, -0.2) is 11.1 Å². The molecule has 0 saturated carbocycles. The normalized spacial score (nSPS) is 9.89. The van der Waals surface area contributed by atoms with Crippen LogP contribution >= 0.6 is 11.6 Å². The van der Waals surface area contributed by atoms with E-state index in [1.807, 2.05) is 6.07 Å². The van der Waals surface area contributed by atoms with Gasteiger partial charge in [-0.2, -0.15) is 5.26 Å². The lowest BCUT2D eigenvalue weighted by Crippen LogP contribution is -2.03. The predicted molar refractivity (Wildman–Crippen MR) is 66.2 cm³/mol. The number of furan rings is 1. The van der Waals surface area contributed by atoms with Crippen molar-refractivity contribution >= 4 is 17.6 Å². The third-order valence-electron chi connectivity index (χ3n) is 2.39. The van der Waals surface area contributed by atoms with Gasteiger partial charge in [0.1, 0.15) is 18.4 Å². The van der Waals surface area contributed by atoms with E-state index < -0.39 is 5.97 Å². The Kier molecular flexibility index (Phi) is 3.74. The second-order valence-electron chi connectivity index (χ2n) is 3.62. The molecule has 96 valence electrons. The van der Waals surface area contributed by atoms with Crippen LogP contribution in [0.1, 0.15) is 21.7 Å². The number of nitrogens with zero attached hydrogens (tertiary/aromatic N) is 1. The van der Waals surface area contributed by atoms with Crippen molar-refractivity contribution in [2.75, 3.05) is 0 Å². The first-order chi connectivity index (χ1) is 9.11. The molecule has 1 aromatic carbocycles. The average Bonchev–Trinajstić information content (AvgIpc) is 2.85. The number of halogens is 1. The Morgan fingerprint density at radius 1 is 1.47 bits per heavy atom. The number of carbonyl (C=O) groups is 1. The molecule has 1 aromatic heterocycles. The van der Waals surface area contributed by atoms with Crippen LogP contribution in [0.5, 0.6) is 5.75 Å². The van der Waals surface area contributed by atoms with Gasteiger partial charge in [0.2, 0.25) is 5.76 Å². The Bertz CT molecular complexity index is 657. The van der Waals surface area contributed by atoms with Crippen LogP contribution in [-0.2, 0) is 6.61 Å². The largest absolute Gasteiger partial charge is 0.487 e. The molecule has 0 radical (unpaired) electrons. The third kappa shape index (κ3) is 2.87. The fourth-order valence-corrected chi connectivity index (χ4v) is 1.66. The monoisotopic (exact) mass is 277 g/mol. The summed E-state index contributed by atoms with van der Waals surface area (Å²) in [5.41, 5.74) is 0.709. The molecule has 2 rings (SSSR count). The molecule has 0 aliphatic heterocycles. The fraction of sp³-hybridized carbons (Fsp3) is 0.0769. The Labute approximate surface area is 113 Å². The second kappa shape index (κ2) is 5.46. The molecule has 0 atom stereocenters. The molecule has 0 saturated heterocycles. The number of ether oxygens (including phenoxy) is 1. The molecule has 0 unspecified atom stereocenters. The van der Waals surface area contributed by atoms with Gasteiger partial charge < -0.3 is 14.3 Å². The highest BCUT2D eigenvalue weighted by Crippen LogP contribution is 2.24. The van der Waals surface area contributed by atoms with E-state index in [9.17, 15) is 4.79 Å². The third-order valence-corrected chi connectivity index (χ3v) is 2.62. The molecule has 0 spiro atoms. The summed E-state index contributed by atoms with van der Waals surface area (Å²) in [6.07, 6.45) is 1.27. The first-order valence-corrected chi connectivity index (χ1v) is 5.61. The predicted octanol–water partition coefficient (Wildman–Crippen LogP) is 3.08. The molecule has 0 aliphatic rings. The maximum absolute atomic E-state index is 10.8. The van der Waals surface area contributed by atoms with Gasteiger partial charge in [-0.3, -0.25) is 0 Å². The minimum Gasteiger partial charge on any atom is -0.487 e. The van der Waals surface area contributed by atoms with Crippen LogP contribution < -0.4 is 4.74 Å². The summed E-state index contributed by atoms with van der Waals surface area (Å²) in [7, 11) is 0. The van der Waals surface area contributed by atoms with Gasteiger partial charge in [0.05, 0.1) is 11.8 Å². The summed E-state index contributed by atoms with van der Waals surface area (Å²) in [4.78, 5) is 10.8. The van der Waals surface area contributed by atoms with Crippen LogP contribution in [0.2, 0.25) is 5.02 Å². The van der Waals surface area contributed by atoms with Gasteiger partial charge in [-0.15, -0.1) is 0 Å². The van der Waals surface area contributed by atoms with E-state index in [-0.39, 0.29) is 12.4 Å². The summed E-state index contributed by atoms with van der Waals surface area (Å²) in [6, 6.07) is 8.08. The summed E-state index contributed by atoms with van der Waals surface area (Å²) in [6.45, 7) is -0.0207. The van der Waals surface area contributed by atoms with Gasteiger partial charge >= 0.3 is 5.97 Å². The van der Waals surface area contributed by atoms with Crippen molar-refractivity contribution in [1.82, 2.24) is 0 Å². The first-order valence-electron chi connectivity index (χ1n) is 5.24. The van der Waals surface area contributed by atoms with Crippen LogP contribution in [0.3, 0.4) is 0 Å². The van der Waals surface area contributed by atoms with E-state index >= 15 is 0 Å². The quantitative estimate of drug-likeness (QED) is 0.928. The van der Waals surface area contributed by atoms with E-state index in [2.05, 4.69) is 0 Å². The van der Waals surface area contributed by atoms with Gasteiger partial charge in [0.25, 0.3) is 0 Å². The molecule has 2 aromatic rings. The highest BCUT2D eigenvalue weighted by Gasteiger charge is 2.15. The molecule has 1 heterocycles. The molecule has 6 heteroatoms. The fourth-order valence-electron chi connectivity index (χ4n) is 1.50. The van der Waals surface area contributed by atoms with Crippen molar-refractivity contribution in [3.8, 4) is 11.8 Å². The molecular formula is C13H8ClNO4. The van der Waals surface area contributed by atoms with Gasteiger partial charge in [0, 0.05) is 16.7 Å². The van der Waals surface area contributed by atoms with E-state index in [1.165, 1.54) is 24.5 Å². The van der Waals surface area contributed by atoms with Gasteiger partial charge in [-0.25, -0.2) is 4.79 Å². The number of hydrogen-bond donors (Lipinski definition) is 1. The highest BCUT2D eigenvalue weighted by molar-refractivity contribution is 6.30. The lowest BCUT2D eigenvalue weighted by atomic mass is 10.2. The topological polar surface area (TPSA) is 83.5 Å². The van der Waals surface area contributed by atoms with Crippen LogP contribution in [0, 0.1) is 11.3 Å². The van der Waals surface area contributed by atoms with Crippen molar-refractivity contribution in [3.63, 3.8) is 0 Å². The SMILES string of the molecule is N#Cc1ccc(Cl)cc1OCc1ccoc1C(=O)O. The summed E-state index contributed by atoms with van der Waals surface area (Å²) in [5, 5.41) is 18.2. The van der Waals surface area contributed by atoms with Crippen molar-refractivity contribution in [2.24, 2.45) is 0 Å². The minimum atomic E-state index is -1.17. The Balaban J connectivity index is 2.19. The van der Waals surface area contributed by atoms with Gasteiger partial charge in [0.15, 0.2) is 0 Å². The van der Waals surface area contributed by atoms with Crippen molar-refractivity contribution in [1.29, 1.82) is 5.26 Å². The first kappa shape index (κ1) is 13.0. The Hall–Kier alpha value is -2.45. The zero-order valence-corrected chi connectivity index (χ0v) is 10.3. The van der Waals surface area contributed by atoms with Crippen LogP contribution in [0.15, 0.2) is 34.9 Å². The Morgan fingerprint density at radius 2 is 2.26 bits per heavy atom. The number of carboxylic acid groups (broad SMARTS) is 1. The number of hydrogen-bond acceptors (Lipinski definition) is 4. The lowest BCUT2D eigenvalue weighted by Gasteiger charge is -2.07. The maximum atomic E-state index is 10.8. The van der Waals surface area contributed by atoms with Crippen molar-refractivity contribution in [3.05, 3.63) is 52.4 Å². The molecular weight excluding hydrogens is 270 g/mol. The van der Waals surface area contributed by atoms with Crippen LogP contribution in [0.25, 0.3) is 0 Å². The van der Waals surface area contributed by atoms with E-state index in [0.29, 0.717) is 21.9 Å². The van der Waals surface area contributed by atoms with Crippen molar-refractivity contribution < 1.29 is 19.1 Å². The number of aromatic carboxylic acids is 1. The second-order valence-corrected chi connectivity index (χ2v) is 4.06. The number of rotatable bonds is 4. The molecule has 0 amide bonds.